The lowest BCUT2D eigenvalue weighted by Crippen LogP contribution is -2.38. The summed E-state index contributed by atoms with van der Waals surface area (Å²) in [7, 11) is 0. The third-order valence-corrected chi connectivity index (χ3v) is 6.60. The fourth-order valence-corrected chi connectivity index (χ4v) is 4.65. The molecule has 2 rings (SSSR count). The first-order valence-corrected chi connectivity index (χ1v) is 13.2. The number of carbonyl (C=O) groups excluding carboxylic acids is 2. The lowest BCUT2D eigenvalue weighted by atomic mass is 9.94. The van der Waals surface area contributed by atoms with Gasteiger partial charge in [0.25, 0.3) is 0 Å². The molecule has 0 bridgehead atoms. The molecule has 186 valence electrons. The van der Waals surface area contributed by atoms with Crippen LogP contribution in [-0.2, 0) is 18.9 Å². The van der Waals surface area contributed by atoms with Gasteiger partial charge in [0, 0.05) is 0 Å². The van der Waals surface area contributed by atoms with Crippen LogP contribution in [0.4, 0.5) is 9.59 Å². The van der Waals surface area contributed by atoms with Crippen molar-refractivity contribution >= 4 is 12.3 Å². The van der Waals surface area contributed by atoms with Crippen molar-refractivity contribution in [3.8, 4) is 0 Å². The molecule has 2 unspecified atom stereocenters. The van der Waals surface area contributed by atoms with Crippen LogP contribution in [-0.4, -0.2) is 37.2 Å². The van der Waals surface area contributed by atoms with Gasteiger partial charge in [-0.25, -0.2) is 9.59 Å². The van der Waals surface area contributed by atoms with Gasteiger partial charge in [0.1, 0.15) is 18.3 Å². The Morgan fingerprint density at radius 1 is 0.656 bits per heavy atom. The predicted molar refractivity (Wildman–Crippen MR) is 125 cm³/mol. The van der Waals surface area contributed by atoms with Crippen molar-refractivity contribution in [3.05, 3.63) is 0 Å². The fourth-order valence-electron chi connectivity index (χ4n) is 4.65. The van der Waals surface area contributed by atoms with Gasteiger partial charge in [0.2, 0.25) is 0 Å². The maximum Gasteiger partial charge on any atom is 0.508 e. The van der Waals surface area contributed by atoms with Crippen molar-refractivity contribution in [2.75, 3.05) is 6.61 Å². The quantitative estimate of drug-likeness (QED) is 0.210. The number of hydrogen-bond donors (Lipinski definition) is 0. The Labute approximate surface area is 195 Å². The maximum atomic E-state index is 12.2. The average Bonchev–Trinajstić information content (AvgIpc) is 2.77. The van der Waals surface area contributed by atoms with Gasteiger partial charge >= 0.3 is 12.3 Å². The zero-order valence-corrected chi connectivity index (χ0v) is 20.5. The third-order valence-electron chi connectivity index (χ3n) is 6.60. The van der Waals surface area contributed by atoms with Gasteiger partial charge in [-0.1, -0.05) is 65.2 Å². The number of hydrogen-bond acceptors (Lipinski definition) is 6. The first-order chi connectivity index (χ1) is 15.5. The minimum Gasteiger partial charge on any atom is -0.434 e. The first-order valence-electron chi connectivity index (χ1n) is 13.2. The topological polar surface area (TPSA) is 71.1 Å². The number of rotatable bonds is 13. The van der Waals surface area contributed by atoms with Crippen LogP contribution in [0.25, 0.3) is 0 Å². The van der Waals surface area contributed by atoms with Gasteiger partial charge in [-0.3, -0.25) is 0 Å². The monoisotopic (exact) mass is 454 g/mol. The Morgan fingerprint density at radius 3 is 1.81 bits per heavy atom. The molecule has 0 spiro atoms. The summed E-state index contributed by atoms with van der Waals surface area (Å²) in [4.78, 5) is 24.3. The van der Waals surface area contributed by atoms with E-state index in [2.05, 4.69) is 13.8 Å². The summed E-state index contributed by atoms with van der Waals surface area (Å²) in [5, 5.41) is 0. The van der Waals surface area contributed by atoms with Gasteiger partial charge in [-0.2, -0.15) is 0 Å². The Bertz CT molecular complexity index is 514. The molecule has 6 heteroatoms. The average molecular weight is 455 g/mol. The highest BCUT2D eigenvalue weighted by atomic mass is 16.8. The summed E-state index contributed by atoms with van der Waals surface area (Å²) >= 11 is 0. The van der Waals surface area contributed by atoms with Crippen LogP contribution >= 0.6 is 0 Å². The molecule has 2 saturated carbocycles. The molecule has 6 nitrogen and oxygen atoms in total. The van der Waals surface area contributed by atoms with E-state index in [4.69, 9.17) is 18.9 Å². The van der Waals surface area contributed by atoms with Crippen LogP contribution < -0.4 is 0 Å². The molecule has 0 radical (unpaired) electrons. The van der Waals surface area contributed by atoms with E-state index in [0.717, 1.165) is 57.3 Å². The van der Waals surface area contributed by atoms with Gasteiger partial charge in [0.15, 0.2) is 0 Å². The molecule has 2 atom stereocenters. The van der Waals surface area contributed by atoms with E-state index in [-0.39, 0.29) is 6.10 Å². The standard InChI is InChI=1S/C26H46O6/c1-21(2)15-9-6-4-3-5-7-14-20-29-25(27)31-23-18-12-13-19-24(23)32-26(28)30-22-16-10-8-11-17-22/h21-24H,3-20H2,1-2H3. The smallest absolute Gasteiger partial charge is 0.434 e. The maximum absolute atomic E-state index is 12.2. The van der Waals surface area contributed by atoms with E-state index >= 15 is 0 Å². The highest BCUT2D eigenvalue weighted by molar-refractivity contribution is 5.61. The third kappa shape index (κ3) is 12.0. The van der Waals surface area contributed by atoms with Crippen LogP contribution in [0.3, 0.4) is 0 Å². The Morgan fingerprint density at radius 2 is 1.19 bits per heavy atom. The molecule has 0 saturated heterocycles. The van der Waals surface area contributed by atoms with E-state index < -0.39 is 24.5 Å². The lowest BCUT2D eigenvalue weighted by molar-refractivity contribution is -0.0796. The summed E-state index contributed by atoms with van der Waals surface area (Å²) in [5.74, 6) is 0.803. The summed E-state index contributed by atoms with van der Waals surface area (Å²) in [6.07, 6.45) is 15.9. The summed E-state index contributed by atoms with van der Waals surface area (Å²) < 4.78 is 21.7. The van der Waals surface area contributed by atoms with Crippen molar-refractivity contribution in [1.82, 2.24) is 0 Å². The van der Waals surface area contributed by atoms with Crippen molar-refractivity contribution in [3.63, 3.8) is 0 Å². The molecule has 0 aromatic heterocycles. The normalized spacial score (nSPS) is 21.8. The Kier molecular flexibility index (Phi) is 13.6. The van der Waals surface area contributed by atoms with Crippen LogP contribution in [0.15, 0.2) is 0 Å². The summed E-state index contributed by atoms with van der Waals surface area (Å²) in [6.45, 7) is 4.94. The Balaban J connectivity index is 1.54. The fraction of sp³-hybridized carbons (Fsp3) is 0.923. The molecule has 2 fully saturated rings. The minimum atomic E-state index is -0.653. The van der Waals surface area contributed by atoms with Gasteiger partial charge in [-0.05, 0) is 63.7 Å². The van der Waals surface area contributed by atoms with Crippen LogP contribution in [0.1, 0.15) is 123 Å². The largest absolute Gasteiger partial charge is 0.508 e. The molecule has 0 aromatic rings. The van der Waals surface area contributed by atoms with E-state index in [1.54, 1.807) is 0 Å². The van der Waals surface area contributed by atoms with Crippen molar-refractivity contribution in [1.29, 1.82) is 0 Å². The van der Waals surface area contributed by atoms with Crippen molar-refractivity contribution in [2.45, 2.75) is 141 Å². The molecule has 0 amide bonds. The van der Waals surface area contributed by atoms with Gasteiger partial charge in [0.05, 0.1) is 6.61 Å². The molecule has 0 aromatic carbocycles. The highest BCUT2D eigenvalue weighted by Gasteiger charge is 2.33. The molecule has 2 aliphatic carbocycles. The lowest BCUT2D eigenvalue weighted by Gasteiger charge is -2.30. The number of ether oxygens (including phenoxy) is 4. The molecular weight excluding hydrogens is 408 g/mol. The molecule has 2 aliphatic rings. The minimum absolute atomic E-state index is 0.0378. The molecular formula is C26H46O6. The van der Waals surface area contributed by atoms with E-state index in [1.807, 2.05) is 0 Å². The van der Waals surface area contributed by atoms with E-state index in [9.17, 15) is 9.59 Å². The van der Waals surface area contributed by atoms with Crippen LogP contribution in [0.5, 0.6) is 0 Å². The van der Waals surface area contributed by atoms with Gasteiger partial charge in [-0.15, -0.1) is 0 Å². The van der Waals surface area contributed by atoms with Crippen LogP contribution in [0.2, 0.25) is 0 Å². The first kappa shape index (κ1) is 26.8. The van der Waals surface area contributed by atoms with Crippen LogP contribution in [0, 0.1) is 5.92 Å². The second-order valence-corrected chi connectivity index (χ2v) is 9.98. The van der Waals surface area contributed by atoms with E-state index in [0.29, 0.717) is 19.4 Å². The summed E-state index contributed by atoms with van der Waals surface area (Å²) in [6, 6.07) is 0. The number of unbranched alkanes of at least 4 members (excludes halogenated alkanes) is 6. The van der Waals surface area contributed by atoms with Gasteiger partial charge < -0.3 is 18.9 Å². The van der Waals surface area contributed by atoms with Crippen molar-refractivity contribution < 1.29 is 28.5 Å². The van der Waals surface area contributed by atoms with E-state index in [1.165, 1.54) is 44.9 Å². The second kappa shape index (κ2) is 16.2. The molecule has 0 N–H and O–H groups in total. The molecule has 0 aliphatic heterocycles. The molecule has 0 heterocycles. The summed E-state index contributed by atoms with van der Waals surface area (Å²) in [5.41, 5.74) is 0. The zero-order chi connectivity index (χ0) is 23.0. The molecule has 32 heavy (non-hydrogen) atoms. The highest BCUT2D eigenvalue weighted by Crippen LogP contribution is 2.26. The van der Waals surface area contributed by atoms with Crippen molar-refractivity contribution in [2.24, 2.45) is 5.92 Å². The Hall–Kier alpha value is -1.46. The zero-order valence-electron chi connectivity index (χ0n) is 20.5. The SMILES string of the molecule is CC(C)CCCCCCCCCOC(=O)OC1CCCCC1OC(=O)OC1CCCCC1. The number of carbonyl (C=O) groups is 2. The predicted octanol–water partition coefficient (Wildman–Crippen LogP) is 7.71. The second-order valence-electron chi connectivity index (χ2n) is 9.98.